The summed E-state index contributed by atoms with van der Waals surface area (Å²) in [6.07, 6.45) is 0.672. The fourth-order valence-electron chi connectivity index (χ4n) is 2.77. The van der Waals surface area contributed by atoms with Gasteiger partial charge in [-0.05, 0) is 48.8 Å². The molecule has 0 fully saturated rings. The van der Waals surface area contributed by atoms with Gasteiger partial charge in [0.25, 0.3) is 0 Å². The summed E-state index contributed by atoms with van der Waals surface area (Å²) in [7, 11) is 0. The number of carbonyl (C=O) groups excluding carboxylic acids is 1. The van der Waals surface area contributed by atoms with Gasteiger partial charge in [0.15, 0.2) is 0 Å². The number of halogens is 1. The zero-order valence-corrected chi connectivity index (χ0v) is 16.2. The highest BCUT2D eigenvalue weighted by Gasteiger charge is 2.06. The van der Waals surface area contributed by atoms with E-state index >= 15 is 0 Å². The van der Waals surface area contributed by atoms with E-state index in [4.69, 9.17) is 4.74 Å². The van der Waals surface area contributed by atoms with Crippen LogP contribution in [0.25, 0.3) is 0 Å². The summed E-state index contributed by atoms with van der Waals surface area (Å²) in [4.78, 5) is 14.3. The van der Waals surface area contributed by atoms with E-state index in [1.54, 1.807) is 18.2 Å². The molecule has 4 nitrogen and oxygen atoms in total. The van der Waals surface area contributed by atoms with Crippen molar-refractivity contribution < 1.29 is 13.9 Å². The van der Waals surface area contributed by atoms with Gasteiger partial charge in [0.05, 0.1) is 0 Å². The van der Waals surface area contributed by atoms with Crippen LogP contribution >= 0.6 is 0 Å². The minimum Gasteiger partial charge on any atom is -0.492 e. The maximum Gasteiger partial charge on any atom is 0.220 e. The number of amides is 1. The third-order valence-corrected chi connectivity index (χ3v) is 4.56. The molecule has 0 unspecified atom stereocenters. The summed E-state index contributed by atoms with van der Waals surface area (Å²) in [6.45, 7) is 8.35. The van der Waals surface area contributed by atoms with E-state index in [1.807, 2.05) is 24.3 Å². The van der Waals surface area contributed by atoms with Gasteiger partial charge >= 0.3 is 0 Å². The Hall–Kier alpha value is -2.40. The molecule has 0 spiro atoms. The lowest BCUT2D eigenvalue weighted by atomic mass is 10.1. The van der Waals surface area contributed by atoms with Crippen molar-refractivity contribution in [1.29, 1.82) is 0 Å². The van der Waals surface area contributed by atoms with E-state index in [9.17, 15) is 9.18 Å². The minimum absolute atomic E-state index is 0.0854. The zero-order valence-electron chi connectivity index (χ0n) is 16.2. The summed E-state index contributed by atoms with van der Waals surface area (Å²) in [5.74, 6) is 0.483. The van der Waals surface area contributed by atoms with Crippen LogP contribution in [0.1, 0.15) is 31.4 Å². The molecule has 5 heteroatoms. The Morgan fingerprint density at radius 2 is 1.78 bits per heavy atom. The fraction of sp³-hybridized carbons (Fsp3) is 0.409. The van der Waals surface area contributed by atoms with E-state index in [-0.39, 0.29) is 18.1 Å². The van der Waals surface area contributed by atoms with Crippen molar-refractivity contribution in [3.8, 4) is 5.75 Å². The molecule has 0 bridgehead atoms. The first-order valence-electron chi connectivity index (χ1n) is 9.56. The van der Waals surface area contributed by atoms with Gasteiger partial charge < -0.3 is 15.0 Å². The first-order chi connectivity index (χ1) is 13.1. The van der Waals surface area contributed by atoms with Gasteiger partial charge in [-0.2, -0.15) is 0 Å². The molecule has 1 amide bonds. The van der Waals surface area contributed by atoms with Gasteiger partial charge in [-0.1, -0.05) is 44.2 Å². The van der Waals surface area contributed by atoms with Gasteiger partial charge in [-0.25, -0.2) is 4.39 Å². The number of ether oxygens (including phenoxy) is 1. The highest BCUT2D eigenvalue weighted by atomic mass is 19.1. The van der Waals surface area contributed by atoms with Gasteiger partial charge in [-0.15, -0.1) is 0 Å². The van der Waals surface area contributed by atoms with E-state index in [0.717, 1.165) is 30.9 Å². The van der Waals surface area contributed by atoms with Crippen LogP contribution in [0.15, 0.2) is 48.5 Å². The molecule has 0 saturated heterocycles. The molecule has 27 heavy (non-hydrogen) atoms. The molecular formula is C22H29FN2O2. The van der Waals surface area contributed by atoms with Crippen LogP contribution < -0.4 is 10.1 Å². The lowest BCUT2D eigenvalue weighted by Crippen LogP contribution is -2.27. The summed E-state index contributed by atoms with van der Waals surface area (Å²) >= 11 is 0. The van der Waals surface area contributed by atoms with E-state index < -0.39 is 0 Å². The molecule has 0 aliphatic heterocycles. The molecule has 2 rings (SSSR count). The molecule has 0 radical (unpaired) electrons. The third kappa shape index (κ3) is 7.39. The van der Waals surface area contributed by atoms with Gasteiger partial charge in [-0.3, -0.25) is 4.79 Å². The Kier molecular flexibility index (Phi) is 8.78. The smallest absolute Gasteiger partial charge is 0.220 e. The first kappa shape index (κ1) is 20.9. The van der Waals surface area contributed by atoms with Crippen molar-refractivity contribution in [1.82, 2.24) is 10.2 Å². The van der Waals surface area contributed by atoms with Crippen LogP contribution in [0.5, 0.6) is 5.75 Å². The van der Waals surface area contributed by atoms with Crippen molar-refractivity contribution in [3.05, 3.63) is 65.5 Å². The Morgan fingerprint density at radius 3 is 2.44 bits per heavy atom. The second kappa shape index (κ2) is 11.3. The second-order valence-corrected chi connectivity index (χ2v) is 6.39. The lowest BCUT2D eigenvalue weighted by Gasteiger charge is -2.18. The molecule has 146 valence electrons. The summed E-state index contributed by atoms with van der Waals surface area (Å²) < 4.78 is 19.3. The van der Waals surface area contributed by atoms with Crippen LogP contribution in [0.3, 0.4) is 0 Å². The minimum atomic E-state index is -0.262. The van der Waals surface area contributed by atoms with E-state index in [1.165, 1.54) is 6.07 Å². The Morgan fingerprint density at radius 1 is 1.07 bits per heavy atom. The van der Waals surface area contributed by atoms with Crippen molar-refractivity contribution >= 4 is 5.91 Å². The van der Waals surface area contributed by atoms with E-state index in [2.05, 4.69) is 24.1 Å². The van der Waals surface area contributed by atoms with Crippen LogP contribution in [0.4, 0.5) is 4.39 Å². The quantitative estimate of drug-likeness (QED) is 0.652. The maximum absolute atomic E-state index is 13.6. The predicted molar refractivity (Wildman–Crippen MR) is 106 cm³/mol. The van der Waals surface area contributed by atoms with Crippen molar-refractivity contribution in [2.75, 3.05) is 26.2 Å². The molecule has 0 aliphatic carbocycles. The van der Waals surface area contributed by atoms with Gasteiger partial charge in [0.2, 0.25) is 5.91 Å². The topological polar surface area (TPSA) is 41.6 Å². The Balaban J connectivity index is 1.70. The Bertz CT molecular complexity index is 700. The van der Waals surface area contributed by atoms with Crippen molar-refractivity contribution in [2.24, 2.45) is 0 Å². The fourth-order valence-corrected chi connectivity index (χ4v) is 2.77. The number of nitrogens with one attached hydrogen (secondary N) is 1. The second-order valence-electron chi connectivity index (χ2n) is 6.39. The van der Waals surface area contributed by atoms with Crippen LogP contribution in [-0.2, 0) is 17.8 Å². The van der Waals surface area contributed by atoms with E-state index in [0.29, 0.717) is 25.1 Å². The van der Waals surface area contributed by atoms with Crippen LogP contribution in [0.2, 0.25) is 0 Å². The molecule has 0 aliphatic rings. The average Bonchev–Trinajstić information content (AvgIpc) is 2.70. The maximum atomic E-state index is 13.6. The van der Waals surface area contributed by atoms with Crippen molar-refractivity contribution in [2.45, 2.75) is 33.2 Å². The number of carbonyl (C=O) groups is 1. The standard InChI is InChI=1S/C22H29FN2O2/c1-3-25(4-2)15-16-27-20-12-9-18(10-13-20)17-24-22(26)14-11-19-7-5-6-8-21(19)23/h5-10,12-13H,3-4,11,14-17H2,1-2H3,(H,24,26). The molecule has 0 aromatic heterocycles. The monoisotopic (exact) mass is 372 g/mol. The number of hydrogen-bond donors (Lipinski definition) is 1. The van der Waals surface area contributed by atoms with Crippen LogP contribution in [-0.4, -0.2) is 37.0 Å². The number of likely N-dealkylation sites (N-methyl/N-ethyl adjacent to an activating group) is 1. The Labute approximate surface area is 161 Å². The molecule has 0 atom stereocenters. The van der Waals surface area contributed by atoms with Gasteiger partial charge in [0, 0.05) is 19.5 Å². The number of rotatable bonds is 11. The zero-order chi connectivity index (χ0) is 19.5. The predicted octanol–water partition coefficient (Wildman–Crippen LogP) is 3.80. The highest BCUT2D eigenvalue weighted by molar-refractivity contribution is 5.76. The molecule has 2 aromatic carbocycles. The third-order valence-electron chi connectivity index (χ3n) is 4.56. The molecule has 2 aromatic rings. The number of hydrogen-bond acceptors (Lipinski definition) is 3. The molecule has 0 heterocycles. The highest BCUT2D eigenvalue weighted by Crippen LogP contribution is 2.12. The average molecular weight is 372 g/mol. The summed E-state index contributed by atoms with van der Waals surface area (Å²) in [5, 5.41) is 2.87. The molecule has 1 N–H and O–H groups in total. The summed E-state index contributed by atoms with van der Waals surface area (Å²) in [6, 6.07) is 14.3. The number of benzene rings is 2. The lowest BCUT2D eigenvalue weighted by molar-refractivity contribution is -0.121. The normalized spacial score (nSPS) is 10.8. The number of aryl methyl sites for hydroxylation is 1. The SMILES string of the molecule is CCN(CC)CCOc1ccc(CNC(=O)CCc2ccccc2F)cc1. The molecular weight excluding hydrogens is 343 g/mol. The van der Waals surface area contributed by atoms with Crippen molar-refractivity contribution in [3.63, 3.8) is 0 Å². The van der Waals surface area contributed by atoms with Crippen LogP contribution in [0, 0.1) is 5.82 Å². The number of nitrogens with zero attached hydrogens (tertiary/aromatic N) is 1. The first-order valence-corrected chi connectivity index (χ1v) is 9.56. The summed E-state index contributed by atoms with van der Waals surface area (Å²) in [5.41, 5.74) is 1.57. The van der Waals surface area contributed by atoms with Gasteiger partial charge in [0.1, 0.15) is 18.2 Å². The largest absolute Gasteiger partial charge is 0.492 e. The molecule has 0 saturated carbocycles.